The molecule has 0 aliphatic carbocycles. The second kappa shape index (κ2) is 8.31. The van der Waals surface area contributed by atoms with E-state index in [2.05, 4.69) is 31.1 Å². The first-order chi connectivity index (χ1) is 8.91. The highest BCUT2D eigenvalue weighted by molar-refractivity contribution is 7.62. The topological polar surface area (TPSA) is 37.4 Å². The first-order valence-corrected chi connectivity index (χ1v) is 13.9. The van der Waals surface area contributed by atoms with Crippen molar-refractivity contribution in [3.8, 4) is 0 Å². The van der Waals surface area contributed by atoms with Gasteiger partial charge in [-0.2, -0.15) is 0 Å². The van der Waals surface area contributed by atoms with Crippen molar-refractivity contribution >= 4 is 21.0 Å². The Morgan fingerprint density at radius 1 is 1.20 bits per heavy atom. The molecular weight excluding hydrogens is 285 g/mol. The summed E-state index contributed by atoms with van der Waals surface area (Å²) in [5.41, 5.74) is 0.653. The van der Waals surface area contributed by atoms with Gasteiger partial charge in [0.1, 0.15) is 0 Å². The van der Waals surface area contributed by atoms with Crippen molar-refractivity contribution in [3.63, 3.8) is 0 Å². The number of nitrogens with zero attached hydrogens (tertiary/aromatic N) is 1. The van der Waals surface area contributed by atoms with Gasteiger partial charge in [0.25, 0.3) is 0 Å². The number of ketones is 1. The Morgan fingerprint density at radius 3 is 2.15 bits per heavy atom. The summed E-state index contributed by atoms with van der Waals surface area (Å²) in [7, 11) is -3.02. The lowest BCUT2D eigenvalue weighted by Gasteiger charge is -2.25. The van der Waals surface area contributed by atoms with Crippen molar-refractivity contribution in [2.75, 3.05) is 39.1 Å². The highest BCUT2D eigenvalue weighted by Crippen LogP contribution is 2.35. The van der Waals surface area contributed by atoms with Crippen LogP contribution in [0.5, 0.6) is 0 Å². The molecule has 0 aromatic heterocycles. The number of rotatable bonds is 10. The van der Waals surface area contributed by atoms with Crippen LogP contribution in [0, 0.1) is 0 Å². The average molecular weight is 317 g/mol. The van der Waals surface area contributed by atoms with Crippen molar-refractivity contribution in [1.82, 2.24) is 4.90 Å². The zero-order valence-corrected chi connectivity index (χ0v) is 16.1. The third kappa shape index (κ3) is 11.6. The van der Waals surface area contributed by atoms with Gasteiger partial charge in [-0.3, -0.25) is 9.69 Å². The van der Waals surface area contributed by atoms with Gasteiger partial charge in [0.05, 0.1) is 7.14 Å². The Kier molecular flexibility index (Phi) is 8.23. The third-order valence-electron chi connectivity index (χ3n) is 3.27. The molecule has 0 unspecified atom stereocenters. The normalized spacial score (nSPS) is 12.8. The molecule has 118 valence electrons. The van der Waals surface area contributed by atoms with Crippen molar-refractivity contribution < 1.29 is 9.36 Å². The molecule has 0 spiro atoms. The van der Waals surface area contributed by atoms with Gasteiger partial charge in [-0.15, -0.1) is 0 Å². The van der Waals surface area contributed by atoms with E-state index >= 15 is 0 Å². The van der Waals surface area contributed by atoms with Gasteiger partial charge < -0.3 is 4.57 Å². The second-order valence-electron chi connectivity index (χ2n) is 7.40. The maximum atomic E-state index is 11.9. The van der Waals surface area contributed by atoms with E-state index in [9.17, 15) is 9.36 Å². The molecule has 0 heterocycles. The monoisotopic (exact) mass is 317 g/mol. The van der Waals surface area contributed by atoms with Gasteiger partial charge in [0.15, 0.2) is 5.78 Å². The van der Waals surface area contributed by atoms with Crippen molar-refractivity contribution in [2.24, 2.45) is 0 Å². The summed E-state index contributed by atoms with van der Waals surface area (Å²) >= 11 is 0. The van der Waals surface area contributed by atoms with E-state index in [-0.39, 0.29) is 5.78 Å². The minimum Gasteiger partial charge on any atom is -0.324 e. The average Bonchev–Trinajstić information content (AvgIpc) is 2.22. The van der Waals surface area contributed by atoms with Crippen LogP contribution in [0.25, 0.3) is 0 Å². The molecule has 3 nitrogen and oxygen atoms in total. The highest BCUT2D eigenvalue weighted by Gasteiger charge is 2.16. The molecule has 0 atom stereocenters. The minimum atomic E-state index is -2.00. The zero-order valence-electron chi connectivity index (χ0n) is 14.2. The predicted octanol–water partition coefficient (Wildman–Crippen LogP) is 3.78. The fourth-order valence-electron chi connectivity index (χ4n) is 1.87. The largest absolute Gasteiger partial charge is 0.324 e. The Hall–Kier alpha value is -0.183. The molecule has 0 aliphatic heterocycles. The minimum absolute atomic E-state index is 0.0522. The fourth-order valence-corrected chi connectivity index (χ4v) is 3.85. The molecule has 0 fully saturated rings. The Morgan fingerprint density at radius 2 is 1.75 bits per heavy atom. The SMILES string of the molecule is C=C(CN(CCC[Si](C)(C)C)CCP(C)(C)=O)C(C)=O. The van der Waals surface area contributed by atoms with Gasteiger partial charge in [0, 0.05) is 32.9 Å². The van der Waals surface area contributed by atoms with Crippen LogP contribution in [0.2, 0.25) is 25.7 Å². The molecule has 0 saturated carbocycles. The first kappa shape index (κ1) is 19.8. The van der Waals surface area contributed by atoms with Crippen LogP contribution in [0.1, 0.15) is 13.3 Å². The molecule has 0 amide bonds. The third-order valence-corrected chi connectivity index (χ3v) is 6.40. The maximum Gasteiger partial charge on any atom is 0.156 e. The van der Waals surface area contributed by atoms with Crippen molar-refractivity contribution in [2.45, 2.75) is 39.0 Å². The first-order valence-electron chi connectivity index (χ1n) is 7.36. The van der Waals surface area contributed by atoms with Crippen LogP contribution in [-0.4, -0.2) is 57.9 Å². The lowest BCUT2D eigenvalue weighted by molar-refractivity contribution is -0.113. The Labute approximate surface area is 126 Å². The molecule has 0 bridgehead atoms. The number of Topliss-reactive ketones (excluding diaryl/α,β-unsaturated/α-hetero) is 1. The molecule has 5 heteroatoms. The summed E-state index contributed by atoms with van der Waals surface area (Å²) in [6.07, 6.45) is 1.86. The fraction of sp³-hybridized carbons (Fsp3) is 0.800. The van der Waals surface area contributed by atoms with Gasteiger partial charge >= 0.3 is 0 Å². The lowest BCUT2D eigenvalue weighted by atomic mass is 10.2. The molecule has 0 saturated heterocycles. The van der Waals surface area contributed by atoms with E-state index in [0.717, 1.165) is 19.5 Å². The van der Waals surface area contributed by atoms with Gasteiger partial charge in [0.2, 0.25) is 0 Å². The standard InChI is InChI=1S/C15H32NO2PSi/c1-14(15(2)17)13-16(10-11-19(3,4)18)9-8-12-20(5,6)7/h1,8-13H2,2-7H3. The summed E-state index contributed by atoms with van der Waals surface area (Å²) in [6.45, 7) is 18.6. The van der Waals surface area contributed by atoms with E-state index in [1.165, 1.54) is 6.04 Å². The van der Waals surface area contributed by atoms with Crippen LogP contribution in [-0.2, 0) is 9.36 Å². The summed E-state index contributed by atoms with van der Waals surface area (Å²) in [5, 5.41) is 0. The second-order valence-corrected chi connectivity index (χ2v) is 16.6. The molecule has 0 rings (SSSR count). The van der Waals surface area contributed by atoms with Crippen molar-refractivity contribution in [1.29, 1.82) is 0 Å². The summed E-state index contributed by atoms with van der Waals surface area (Å²) in [6, 6.07) is 1.28. The summed E-state index contributed by atoms with van der Waals surface area (Å²) in [4.78, 5) is 13.6. The van der Waals surface area contributed by atoms with Crippen LogP contribution in [0.4, 0.5) is 0 Å². The molecule has 0 N–H and O–H groups in total. The predicted molar refractivity (Wildman–Crippen MR) is 93.4 cm³/mol. The zero-order chi connectivity index (χ0) is 16.0. The van der Waals surface area contributed by atoms with Gasteiger partial charge in [-0.25, -0.2) is 0 Å². The number of hydrogen-bond acceptors (Lipinski definition) is 3. The molecular formula is C15H32NO2PSi. The molecule has 0 aromatic rings. The number of carbonyl (C=O) groups excluding carboxylic acids is 1. The lowest BCUT2D eigenvalue weighted by Crippen LogP contribution is -2.32. The molecule has 20 heavy (non-hydrogen) atoms. The quantitative estimate of drug-likeness (QED) is 0.349. The smallest absolute Gasteiger partial charge is 0.156 e. The van der Waals surface area contributed by atoms with Crippen LogP contribution < -0.4 is 0 Å². The van der Waals surface area contributed by atoms with E-state index in [1.807, 2.05) is 13.3 Å². The van der Waals surface area contributed by atoms with E-state index in [1.54, 1.807) is 6.92 Å². The van der Waals surface area contributed by atoms with E-state index in [4.69, 9.17) is 0 Å². The number of carbonyl (C=O) groups is 1. The number of hydrogen-bond donors (Lipinski definition) is 0. The maximum absolute atomic E-state index is 11.9. The summed E-state index contributed by atoms with van der Waals surface area (Å²) < 4.78 is 11.9. The van der Waals surface area contributed by atoms with Gasteiger partial charge in [-0.1, -0.05) is 32.3 Å². The van der Waals surface area contributed by atoms with Crippen LogP contribution in [0.15, 0.2) is 12.2 Å². The molecule has 0 aliphatic rings. The Bertz CT molecular complexity index is 382. The molecule has 0 aromatic carbocycles. The van der Waals surface area contributed by atoms with Crippen molar-refractivity contribution in [3.05, 3.63) is 12.2 Å². The Balaban J connectivity index is 4.42. The van der Waals surface area contributed by atoms with Gasteiger partial charge in [-0.05, 0) is 33.2 Å². The van der Waals surface area contributed by atoms with E-state index in [0.29, 0.717) is 18.3 Å². The highest BCUT2D eigenvalue weighted by atomic mass is 31.2. The van der Waals surface area contributed by atoms with E-state index < -0.39 is 15.2 Å². The van der Waals surface area contributed by atoms with Crippen LogP contribution >= 0.6 is 7.14 Å². The van der Waals surface area contributed by atoms with Crippen LogP contribution in [0.3, 0.4) is 0 Å². The molecule has 0 radical (unpaired) electrons. The summed E-state index contributed by atoms with van der Waals surface area (Å²) in [5.74, 6) is 0.0522.